The van der Waals surface area contributed by atoms with Crippen LogP contribution in [0.4, 0.5) is 0 Å². The van der Waals surface area contributed by atoms with Crippen molar-refractivity contribution in [3.8, 4) is 0 Å². The molecule has 2 unspecified atom stereocenters. The third-order valence-corrected chi connectivity index (χ3v) is 8.89. The van der Waals surface area contributed by atoms with Crippen LogP contribution in [0.25, 0.3) is 0 Å². The molecule has 2 saturated heterocycles. The number of carbonyl (C=O) groups excluding carboxylic acids is 1. The minimum atomic E-state index is -2.30. The zero-order valence-corrected chi connectivity index (χ0v) is 15.3. The number of carbonyl (C=O) groups is 1. The Morgan fingerprint density at radius 1 is 1.12 bits per heavy atom. The van der Waals surface area contributed by atoms with E-state index in [1.54, 1.807) is 0 Å². The predicted molar refractivity (Wildman–Crippen MR) is 90.4 cm³/mol. The number of rotatable bonds is 0. The maximum absolute atomic E-state index is 13.2. The first-order valence-corrected chi connectivity index (χ1v) is 9.75. The highest BCUT2D eigenvalue weighted by Crippen LogP contribution is 2.77. The lowest BCUT2D eigenvalue weighted by Crippen LogP contribution is -2.85. The van der Waals surface area contributed by atoms with Gasteiger partial charge < -0.3 is 25.2 Å². The third-order valence-electron chi connectivity index (χ3n) is 8.89. The summed E-state index contributed by atoms with van der Waals surface area (Å²) in [5, 5.41) is 45.2. The lowest BCUT2D eigenvalue weighted by molar-refractivity contribution is -0.434. The molecule has 0 radical (unpaired) electrons. The normalized spacial score (nSPS) is 59.6. The fourth-order valence-corrected chi connectivity index (χ4v) is 8.06. The molecule has 2 aliphatic heterocycles. The lowest BCUT2D eigenvalue weighted by atomic mass is 9.36. The fourth-order valence-electron chi connectivity index (χ4n) is 8.06. The molecule has 4 N–H and O–H groups in total. The van der Waals surface area contributed by atoms with Gasteiger partial charge in [-0.15, -0.1) is 0 Å². The Morgan fingerprint density at radius 2 is 1.81 bits per heavy atom. The molecule has 4 saturated carbocycles. The number of hydrogen-bond donors (Lipinski definition) is 4. The number of aliphatic hydroxyl groups is 4. The van der Waals surface area contributed by atoms with Crippen molar-refractivity contribution in [2.24, 2.45) is 34.0 Å². The van der Waals surface area contributed by atoms with Gasteiger partial charge in [-0.1, -0.05) is 26.8 Å². The summed E-state index contributed by atoms with van der Waals surface area (Å²) in [7, 11) is 0. The average molecular weight is 364 g/mol. The average Bonchev–Trinajstić information content (AvgIpc) is 2.66. The molecule has 6 rings (SSSR count). The fraction of sp³-hybridized carbons (Fsp3) is 0.850. The second-order valence-corrected chi connectivity index (χ2v) is 9.98. The van der Waals surface area contributed by atoms with Crippen LogP contribution in [0.15, 0.2) is 12.2 Å². The van der Waals surface area contributed by atoms with E-state index in [0.717, 1.165) is 12.8 Å². The standard InChI is InChI=1S/C20H28O6/c1-9-10-5-6-11-18-8-4-7-17(2,3)12(18)15(23)20(25,26-16(18)24)19(11,13(9)21)14(10)22/h10-15,21-23,25H,1,4-8H2,2-3H3/t10-,11?,12?,13-,14-,15+,18-,19+,20+/m1/s1. The molecule has 6 nitrogen and oxygen atoms in total. The van der Waals surface area contributed by atoms with E-state index in [4.69, 9.17) is 4.74 Å². The predicted octanol–water partition coefficient (Wildman–Crippen LogP) is 0.723. The number of esters is 1. The topological polar surface area (TPSA) is 107 Å². The van der Waals surface area contributed by atoms with Gasteiger partial charge in [0.25, 0.3) is 0 Å². The Kier molecular flexibility index (Phi) is 3.00. The Labute approximate surface area is 152 Å². The van der Waals surface area contributed by atoms with Gasteiger partial charge in [-0.25, -0.2) is 0 Å². The molecule has 2 spiro atoms. The summed E-state index contributed by atoms with van der Waals surface area (Å²) in [6, 6.07) is 0. The quantitative estimate of drug-likeness (QED) is 0.373. The molecule has 6 aliphatic rings. The van der Waals surface area contributed by atoms with Crippen LogP contribution < -0.4 is 0 Å². The first-order chi connectivity index (χ1) is 12.1. The van der Waals surface area contributed by atoms with E-state index < -0.39 is 52.7 Å². The number of aliphatic hydroxyl groups excluding tert-OH is 3. The van der Waals surface area contributed by atoms with Gasteiger partial charge in [-0.2, -0.15) is 0 Å². The van der Waals surface area contributed by atoms with Crippen LogP contribution in [0.5, 0.6) is 0 Å². The largest absolute Gasteiger partial charge is 0.429 e. The molecule has 0 amide bonds. The van der Waals surface area contributed by atoms with E-state index in [9.17, 15) is 25.2 Å². The maximum Gasteiger partial charge on any atom is 0.315 e. The Balaban J connectivity index is 1.82. The van der Waals surface area contributed by atoms with Crippen molar-refractivity contribution in [3.63, 3.8) is 0 Å². The first-order valence-electron chi connectivity index (χ1n) is 9.75. The summed E-state index contributed by atoms with van der Waals surface area (Å²) in [5.74, 6) is -4.02. The van der Waals surface area contributed by atoms with Gasteiger partial charge in [-0.05, 0) is 42.6 Å². The number of ether oxygens (including phenoxy) is 1. The molecule has 4 bridgehead atoms. The molecule has 0 aromatic carbocycles. The highest BCUT2D eigenvalue weighted by molar-refractivity contribution is 5.82. The van der Waals surface area contributed by atoms with Crippen molar-refractivity contribution in [2.75, 3.05) is 0 Å². The summed E-state index contributed by atoms with van der Waals surface area (Å²) >= 11 is 0. The van der Waals surface area contributed by atoms with Crippen LogP contribution in [0.3, 0.4) is 0 Å². The SMILES string of the molecule is C=C1[C@H]2CCC3[C@]45CCCC(C)(C)C4[C@H](O)[C@](O)(OC5=O)[C@@]3([C@@H]1O)[C@@H]2O. The molecular weight excluding hydrogens is 336 g/mol. The van der Waals surface area contributed by atoms with Crippen LogP contribution in [0, 0.1) is 34.0 Å². The Hall–Kier alpha value is -0.950. The maximum atomic E-state index is 13.2. The van der Waals surface area contributed by atoms with Gasteiger partial charge in [0, 0.05) is 11.8 Å². The summed E-state index contributed by atoms with van der Waals surface area (Å²) in [4.78, 5) is 13.2. The van der Waals surface area contributed by atoms with Crippen LogP contribution >= 0.6 is 0 Å². The van der Waals surface area contributed by atoms with E-state index >= 15 is 0 Å². The summed E-state index contributed by atoms with van der Waals surface area (Å²) in [6.07, 6.45) is -0.194. The van der Waals surface area contributed by atoms with E-state index in [1.807, 2.05) is 13.8 Å². The molecule has 6 heteroatoms. The highest BCUT2D eigenvalue weighted by atomic mass is 16.7. The van der Waals surface area contributed by atoms with E-state index in [1.165, 1.54) is 0 Å². The van der Waals surface area contributed by atoms with Crippen LogP contribution in [0.2, 0.25) is 0 Å². The van der Waals surface area contributed by atoms with Crippen molar-refractivity contribution < 1.29 is 30.0 Å². The molecule has 6 fully saturated rings. The third kappa shape index (κ3) is 1.38. The molecule has 0 aromatic rings. The van der Waals surface area contributed by atoms with Crippen LogP contribution in [-0.4, -0.2) is 50.5 Å². The van der Waals surface area contributed by atoms with E-state index in [-0.39, 0.29) is 11.3 Å². The van der Waals surface area contributed by atoms with Crippen LogP contribution in [-0.2, 0) is 9.53 Å². The second-order valence-electron chi connectivity index (χ2n) is 9.98. The molecule has 2 heterocycles. The van der Waals surface area contributed by atoms with Gasteiger partial charge >= 0.3 is 5.97 Å². The van der Waals surface area contributed by atoms with Gasteiger partial charge in [-0.3, -0.25) is 4.79 Å². The van der Waals surface area contributed by atoms with Gasteiger partial charge in [0.1, 0.15) is 6.10 Å². The van der Waals surface area contributed by atoms with Crippen molar-refractivity contribution in [3.05, 3.63) is 12.2 Å². The minimum Gasteiger partial charge on any atom is -0.429 e. The Morgan fingerprint density at radius 3 is 2.50 bits per heavy atom. The van der Waals surface area contributed by atoms with Gasteiger partial charge in [0.2, 0.25) is 5.79 Å². The highest BCUT2D eigenvalue weighted by Gasteiger charge is 2.88. The van der Waals surface area contributed by atoms with Gasteiger partial charge in [0.05, 0.1) is 23.0 Å². The van der Waals surface area contributed by atoms with Gasteiger partial charge in [0.15, 0.2) is 0 Å². The molecule has 144 valence electrons. The molecular formula is C20H28O6. The first kappa shape index (κ1) is 17.2. The molecule has 9 atom stereocenters. The minimum absolute atomic E-state index is 0.345. The van der Waals surface area contributed by atoms with E-state index in [0.29, 0.717) is 24.8 Å². The van der Waals surface area contributed by atoms with Crippen molar-refractivity contribution in [1.82, 2.24) is 0 Å². The molecule has 4 aliphatic carbocycles. The zero-order chi connectivity index (χ0) is 18.9. The van der Waals surface area contributed by atoms with Crippen molar-refractivity contribution in [1.29, 1.82) is 0 Å². The lowest BCUT2D eigenvalue weighted by Gasteiger charge is -2.73. The molecule has 26 heavy (non-hydrogen) atoms. The second kappa shape index (κ2) is 4.54. The van der Waals surface area contributed by atoms with Crippen LogP contribution in [0.1, 0.15) is 46.0 Å². The Bertz CT molecular complexity index is 717. The monoisotopic (exact) mass is 364 g/mol. The summed E-state index contributed by atoms with van der Waals surface area (Å²) < 4.78 is 5.52. The van der Waals surface area contributed by atoms with Crippen molar-refractivity contribution >= 4 is 5.97 Å². The van der Waals surface area contributed by atoms with Crippen molar-refractivity contribution in [2.45, 2.75) is 70.1 Å². The number of fused-ring (bicyclic) bond motifs is 2. The summed E-state index contributed by atoms with van der Waals surface area (Å²) in [6.45, 7) is 8.01. The van der Waals surface area contributed by atoms with E-state index in [2.05, 4.69) is 6.58 Å². The summed E-state index contributed by atoms with van der Waals surface area (Å²) in [5.41, 5.74) is -2.35. The zero-order valence-electron chi connectivity index (χ0n) is 15.3. The molecule has 0 aromatic heterocycles. The smallest absolute Gasteiger partial charge is 0.315 e. The number of hydrogen-bond acceptors (Lipinski definition) is 6.